The Balaban J connectivity index is 1.91. The molecule has 144 valence electrons. The van der Waals surface area contributed by atoms with Crippen LogP contribution < -0.4 is 10.6 Å². The molecule has 0 fully saturated rings. The third kappa shape index (κ3) is 7.10. The Hall–Kier alpha value is -2.27. The van der Waals surface area contributed by atoms with Gasteiger partial charge < -0.3 is 10.6 Å². The number of aryl methyl sites for hydroxylation is 1. The van der Waals surface area contributed by atoms with Crippen molar-refractivity contribution in [3.8, 4) is 0 Å². The highest BCUT2D eigenvalue weighted by molar-refractivity contribution is 7.98. The minimum absolute atomic E-state index is 0.126. The maximum Gasteiger partial charge on any atom is 0.251 e. The molecule has 0 aliphatic heterocycles. The van der Waals surface area contributed by atoms with Gasteiger partial charge in [0.1, 0.15) is 6.04 Å². The Labute approximate surface area is 166 Å². The molecule has 0 aliphatic carbocycles. The summed E-state index contributed by atoms with van der Waals surface area (Å²) in [7, 11) is 0. The Kier molecular flexibility index (Phi) is 8.92. The molecule has 2 amide bonds. The highest BCUT2D eigenvalue weighted by Crippen LogP contribution is 2.07. The predicted molar refractivity (Wildman–Crippen MR) is 113 cm³/mol. The monoisotopic (exact) mass is 384 g/mol. The van der Waals surface area contributed by atoms with E-state index in [0.29, 0.717) is 18.5 Å². The number of thioether (sulfide) groups is 1. The molecule has 27 heavy (non-hydrogen) atoms. The predicted octanol–water partition coefficient (Wildman–Crippen LogP) is 3.46. The molecule has 0 radical (unpaired) electrons. The summed E-state index contributed by atoms with van der Waals surface area (Å²) in [6.07, 6.45) is 4.31. The number of benzene rings is 2. The number of amides is 2. The van der Waals surface area contributed by atoms with Crippen LogP contribution in [0.4, 0.5) is 0 Å². The number of hydrogen-bond donors (Lipinski definition) is 2. The van der Waals surface area contributed by atoms with Gasteiger partial charge in [-0.1, -0.05) is 49.4 Å². The van der Waals surface area contributed by atoms with Gasteiger partial charge in [-0.05, 0) is 54.5 Å². The van der Waals surface area contributed by atoms with Crippen LogP contribution in [-0.4, -0.2) is 36.4 Å². The minimum atomic E-state index is -0.522. The van der Waals surface area contributed by atoms with Gasteiger partial charge >= 0.3 is 0 Å². The second-order valence-corrected chi connectivity index (χ2v) is 7.37. The smallest absolute Gasteiger partial charge is 0.251 e. The topological polar surface area (TPSA) is 58.2 Å². The van der Waals surface area contributed by atoms with Crippen molar-refractivity contribution in [2.45, 2.75) is 32.2 Å². The van der Waals surface area contributed by atoms with Crippen LogP contribution in [0.25, 0.3) is 0 Å². The van der Waals surface area contributed by atoms with Crippen LogP contribution in [0.15, 0.2) is 54.6 Å². The van der Waals surface area contributed by atoms with Gasteiger partial charge in [-0.15, -0.1) is 0 Å². The molecule has 2 N–H and O–H groups in total. The molecule has 1 atom stereocenters. The fourth-order valence-corrected chi connectivity index (χ4v) is 3.21. The summed E-state index contributed by atoms with van der Waals surface area (Å²) in [5.74, 6) is 0.478. The number of hydrogen-bond acceptors (Lipinski definition) is 3. The summed E-state index contributed by atoms with van der Waals surface area (Å²) in [5, 5.41) is 5.84. The maximum atomic E-state index is 12.6. The van der Waals surface area contributed by atoms with Crippen molar-refractivity contribution in [3.05, 3.63) is 71.3 Å². The van der Waals surface area contributed by atoms with Crippen molar-refractivity contribution in [1.82, 2.24) is 10.6 Å². The van der Waals surface area contributed by atoms with Crippen LogP contribution in [0.2, 0.25) is 0 Å². The first-order valence-corrected chi connectivity index (χ1v) is 10.7. The summed E-state index contributed by atoms with van der Waals surface area (Å²) in [6, 6.07) is 17.0. The molecule has 0 heterocycles. The van der Waals surface area contributed by atoms with E-state index in [2.05, 4.69) is 17.6 Å². The molecule has 4 nitrogen and oxygen atoms in total. The largest absolute Gasteiger partial charge is 0.354 e. The Morgan fingerprint density at radius 3 is 2.33 bits per heavy atom. The number of carbonyl (C=O) groups is 2. The van der Waals surface area contributed by atoms with Crippen LogP contribution in [0.5, 0.6) is 0 Å². The van der Waals surface area contributed by atoms with E-state index in [1.54, 1.807) is 11.8 Å². The molecule has 2 aromatic rings. The lowest BCUT2D eigenvalue weighted by Gasteiger charge is -2.18. The lowest BCUT2D eigenvalue weighted by molar-refractivity contribution is -0.122. The van der Waals surface area contributed by atoms with E-state index in [-0.39, 0.29) is 11.8 Å². The van der Waals surface area contributed by atoms with E-state index in [1.807, 2.05) is 60.9 Å². The van der Waals surface area contributed by atoms with Crippen molar-refractivity contribution >= 4 is 23.6 Å². The molecule has 2 rings (SSSR count). The van der Waals surface area contributed by atoms with Gasteiger partial charge in [0.25, 0.3) is 5.91 Å². The zero-order valence-corrected chi connectivity index (χ0v) is 16.9. The van der Waals surface area contributed by atoms with Crippen LogP contribution in [0.3, 0.4) is 0 Å². The van der Waals surface area contributed by atoms with Crippen LogP contribution >= 0.6 is 11.8 Å². The standard InChI is InChI=1S/C22H28N2O2S/c1-3-17-9-11-19(12-10-17)21(25)24-20(14-16-27-2)22(26)23-15-13-18-7-5-4-6-8-18/h4-12,20H,3,13-16H2,1-2H3,(H,23,26)(H,24,25)/t20-/m1/s1. The van der Waals surface area contributed by atoms with E-state index in [0.717, 1.165) is 18.6 Å². The summed E-state index contributed by atoms with van der Waals surface area (Å²) in [5.41, 5.74) is 2.95. The van der Waals surface area contributed by atoms with E-state index in [1.165, 1.54) is 11.1 Å². The average molecular weight is 385 g/mol. The Bertz CT molecular complexity index is 717. The van der Waals surface area contributed by atoms with Crippen molar-refractivity contribution in [1.29, 1.82) is 0 Å². The summed E-state index contributed by atoms with van der Waals surface area (Å²) < 4.78 is 0. The number of nitrogens with one attached hydrogen (secondary N) is 2. The first kappa shape index (κ1) is 21.0. The zero-order chi connectivity index (χ0) is 19.5. The molecule has 0 saturated heterocycles. The zero-order valence-electron chi connectivity index (χ0n) is 16.0. The number of rotatable bonds is 10. The van der Waals surface area contributed by atoms with Crippen LogP contribution in [0, 0.1) is 0 Å². The molecular formula is C22H28N2O2S. The quantitative estimate of drug-likeness (QED) is 0.660. The van der Waals surface area contributed by atoms with Gasteiger partial charge in [0, 0.05) is 12.1 Å². The first-order valence-electron chi connectivity index (χ1n) is 9.34. The molecule has 0 bridgehead atoms. The van der Waals surface area contributed by atoms with Crippen molar-refractivity contribution < 1.29 is 9.59 Å². The Morgan fingerprint density at radius 2 is 1.70 bits per heavy atom. The lowest BCUT2D eigenvalue weighted by atomic mass is 10.1. The second kappa shape index (κ2) is 11.4. The fraction of sp³-hybridized carbons (Fsp3) is 0.364. The average Bonchev–Trinajstić information content (AvgIpc) is 2.71. The van der Waals surface area contributed by atoms with Gasteiger partial charge in [0.15, 0.2) is 0 Å². The Morgan fingerprint density at radius 1 is 1.00 bits per heavy atom. The maximum absolute atomic E-state index is 12.6. The van der Waals surface area contributed by atoms with E-state index in [4.69, 9.17) is 0 Å². The van der Waals surface area contributed by atoms with Crippen molar-refractivity contribution in [2.75, 3.05) is 18.6 Å². The number of carbonyl (C=O) groups excluding carboxylic acids is 2. The highest BCUT2D eigenvalue weighted by Gasteiger charge is 2.20. The second-order valence-electron chi connectivity index (χ2n) is 6.38. The summed E-state index contributed by atoms with van der Waals surface area (Å²) in [6.45, 7) is 2.63. The SMILES string of the molecule is CCc1ccc(C(=O)N[C@H](CCSC)C(=O)NCCc2ccccc2)cc1. The first-order chi connectivity index (χ1) is 13.1. The normalized spacial score (nSPS) is 11.6. The van der Waals surface area contributed by atoms with Crippen LogP contribution in [-0.2, 0) is 17.6 Å². The van der Waals surface area contributed by atoms with E-state index >= 15 is 0 Å². The fourth-order valence-electron chi connectivity index (χ4n) is 2.74. The molecule has 5 heteroatoms. The molecule has 0 saturated carbocycles. The van der Waals surface area contributed by atoms with E-state index < -0.39 is 6.04 Å². The van der Waals surface area contributed by atoms with Gasteiger partial charge in [0.05, 0.1) is 0 Å². The third-order valence-corrected chi connectivity index (χ3v) is 5.06. The van der Waals surface area contributed by atoms with E-state index in [9.17, 15) is 9.59 Å². The molecule has 2 aromatic carbocycles. The van der Waals surface area contributed by atoms with Gasteiger partial charge in [-0.2, -0.15) is 11.8 Å². The highest BCUT2D eigenvalue weighted by atomic mass is 32.2. The third-order valence-electron chi connectivity index (χ3n) is 4.41. The summed E-state index contributed by atoms with van der Waals surface area (Å²) >= 11 is 1.66. The molecule has 0 spiro atoms. The molecular weight excluding hydrogens is 356 g/mol. The molecule has 0 aromatic heterocycles. The van der Waals surface area contributed by atoms with Gasteiger partial charge in [0.2, 0.25) is 5.91 Å². The molecule has 0 aliphatic rings. The van der Waals surface area contributed by atoms with Crippen molar-refractivity contribution in [3.63, 3.8) is 0 Å². The van der Waals surface area contributed by atoms with Crippen molar-refractivity contribution in [2.24, 2.45) is 0 Å². The minimum Gasteiger partial charge on any atom is -0.354 e. The van der Waals surface area contributed by atoms with Crippen LogP contribution in [0.1, 0.15) is 34.8 Å². The molecule has 0 unspecified atom stereocenters. The van der Waals surface area contributed by atoms with Gasteiger partial charge in [-0.3, -0.25) is 9.59 Å². The van der Waals surface area contributed by atoms with Gasteiger partial charge in [-0.25, -0.2) is 0 Å². The lowest BCUT2D eigenvalue weighted by Crippen LogP contribution is -2.47. The summed E-state index contributed by atoms with van der Waals surface area (Å²) in [4.78, 5) is 25.1.